The van der Waals surface area contributed by atoms with Gasteiger partial charge < -0.3 is 15.4 Å². The number of hydrogen-bond donors (Lipinski definition) is 2. The maximum Gasteiger partial charge on any atom is 0.338 e. The molecule has 0 aromatic heterocycles. The first-order chi connectivity index (χ1) is 10.5. The maximum absolute atomic E-state index is 12.3. The van der Waals surface area contributed by atoms with E-state index in [0.29, 0.717) is 39.9 Å². The van der Waals surface area contributed by atoms with Crippen LogP contribution in [-0.4, -0.2) is 18.6 Å². The molecule has 1 aliphatic rings. The highest BCUT2D eigenvalue weighted by Gasteiger charge is 2.33. The lowest BCUT2D eigenvalue weighted by Gasteiger charge is -2.28. The first kappa shape index (κ1) is 16.6. The molecule has 0 radical (unpaired) electrons. The highest BCUT2D eigenvalue weighted by Crippen LogP contribution is 2.35. The molecule has 2 amide bonds. The number of allylic oxidation sites excluding steroid dienone is 1. The molecule has 1 aromatic rings. The number of amides is 2. The van der Waals surface area contributed by atoms with Crippen molar-refractivity contribution >= 4 is 35.2 Å². The Morgan fingerprint density at radius 1 is 1.36 bits per heavy atom. The van der Waals surface area contributed by atoms with Crippen molar-refractivity contribution in [3.05, 3.63) is 45.1 Å². The molecule has 1 unspecified atom stereocenters. The molecule has 0 saturated carbocycles. The zero-order valence-electron chi connectivity index (χ0n) is 12.2. The van der Waals surface area contributed by atoms with Crippen LogP contribution >= 0.6 is 23.2 Å². The molecule has 2 rings (SSSR count). The second-order valence-corrected chi connectivity index (χ2v) is 5.63. The number of carbonyl (C=O) groups excluding carboxylic acids is 2. The van der Waals surface area contributed by atoms with Crippen molar-refractivity contribution in [1.82, 2.24) is 10.6 Å². The van der Waals surface area contributed by atoms with Crippen molar-refractivity contribution in [1.29, 1.82) is 0 Å². The molecule has 118 valence electrons. The quantitative estimate of drug-likeness (QED) is 0.822. The van der Waals surface area contributed by atoms with Crippen LogP contribution in [0, 0.1) is 0 Å². The van der Waals surface area contributed by atoms with E-state index >= 15 is 0 Å². The summed E-state index contributed by atoms with van der Waals surface area (Å²) in [5.74, 6) is -0.493. The van der Waals surface area contributed by atoms with E-state index in [9.17, 15) is 9.59 Å². The lowest BCUT2D eigenvalue weighted by molar-refractivity contribution is -0.139. The fourth-order valence-corrected chi connectivity index (χ4v) is 2.63. The van der Waals surface area contributed by atoms with Crippen LogP contribution < -0.4 is 10.6 Å². The predicted molar refractivity (Wildman–Crippen MR) is 84.8 cm³/mol. The first-order valence-electron chi connectivity index (χ1n) is 6.85. The summed E-state index contributed by atoms with van der Waals surface area (Å²) in [7, 11) is 0. The second-order valence-electron chi connectivity index (χ2n) is 4.85. The summed E-state index contributed by atoms with van der Waals surface area (Å²) < 4.78 is 5.19. The van der Waals surface area contributed by atoms with Gasteiger partial charge in [-0.05, 0) is 25.0 Å². The van der Waals surface area contributed by atoms with Crippen molar-refractivity contribution in [2.24, 2.45) is 0 Å². The summed E-state index contributed by atoms with van der Waals surface area (Å²) in [6.45, 7) is 3.85. The number of hydrogen-bond acceptors (Lipinski definition) is 3. The number of halogens is 2. The number of urea groups is 1. The van der Waals surface area contributed by atoms with E-state index in [1.165, 1.54) is 0 Å². The van der Waals surface area contributed by atoms with E-state index in [1.54, 1.807) is 25.1 Å². The fraction of sp³-hybridized carbons (Fsp3) is 0.333. The molecule has 22 heavy (non-hydrogen) atoms. The van der Waals surface area contributed by atoms with E-state index in [2.05, 4.69) is 10.6 Å². The Morgan fingerprint density at radius 3 is 2.77 bits per heavy atom. The minimum Gasteiger partial charge on any atom is -0.462 e. The third kappa shape index (κ3) is 3.36. The van der Waals surface area contributed by atoms with E-state index < -0.39 is 18.0 Å². The summed E-state index contributed by atoms with van der Waals surface area (Å²) in [6.07, 6.45) is 0.709. The van der Waals surface area contributed by atoms with Gasteiger partial charge in [-0.25, -0.2) is 9.59 Å². The maximum atomic E-state index is 12.3. The smallest absolute Gasteiger partial charge is 0.338 e. The fourth-order valence-electron chi connectivity index (χ4n) is 2.21. The Bertz CT molecular complexity index is 644. The van der Waals surface area contributed by atoms with Crippen molar-refractivity contribution in [3.63, 3.8) is 0 Å². The highest BCUT2D eigenvalue weighted by molar-refractivity contribution is 6.42. The van der Waals surface area contributed by atoms with Gasteiger partial charge in [0, 0.05) is 5.70 Å². The number of nitrogens with one attached hydrogen (secondary N) is 2. The predicted octanol–water partition coefficient (Wildman–Crippen LogP) is 3.57. The molecule has 0 spiro atoms. The van der Waals surface area contributed by atoms with Gasteiger partial charge in [0.25, 0.3) is 0 Å². The van der Waals surface area contributed by atoms with E-state index in [0.717, 1.165) is 0 Å². The Morgan fingerprint density at radius 2 is 2.09 bits per heavy atom. The van der Waals surface area contributed by atoms with Gasteiger partial charge in [0.15, 0.2) is 0 Å². The molecular formula is C15H16Cl2N2O3. The SMILES string of the molecule is CCCOC(=O)C1=C(C)NC(=O)NC1c1cccc(Cl)c1Cl. The van der Waals surface area contributed by atoms with Gasteiger partial charge in [-0.1, -0.05) is 42.3 Å². The molecule has 1 heterocycles. The zero-order chi connectivity index (χ0) is 16.3. The lowest BCUT2D eigenvalue weighted by atomic mass is 9.95. The number of esters is 1. The van der Waals surface area contributed by atoms with Crippen LogP contribution in [0.5, 0.6) is 0 Å². The first-order valence-corrected chi connectivity index (χ1v) is 7.60. The summed E-state index contributed by atoms with van der Waals surface area (Å²) in [6, 6.07) is 3.95. The standard InChI is InChI=1S/C15H16Cl2N2O3/c1-3-7-22-14(20)11-8(2)18-15(21)19-13(11)9-5-4-6-10(16)12(9)17/h4-6,13H,3,7H2,1-2H3,(H2,18,19,21). The van der Waals surface area contributed by atoms with E-state index in [-0.39, 0.29) is 0 Å². The monoisotopic (exact) mass is 342 g/mol. The van der Waals surface area contributed by atoms with Crippen molar-refractivity contribution in [3.8, 4) is 0 Å². The zero-order valence-corrected chi connectivity index (χ0v) is 13.7. The Hall–Kier alpha value is -1.72. The molecule has 1 atom stereocenters. The van der Waals surface area contributed by atoms with Crippen LogP contribution in [0.25, 0.3) is 0 Å². The van der Waals surface area contributed by atoms with Gasteiger partial charge in [0.2, 0.25) is 0 Å². The summed E-state index contributed by atoms with van der Waals surface area (Å²) in [5.41, 5.74) is 1.30. The third-order valence-corrected chi connectivity index (χ3v) is 4.05. The minimum absolute atomic E-state index is 0.296. The van der Waals surface area contributed by atoms with Crippen molar-refractivity contribution in [2.75, 3.05) is 6.61 Å². The Kier molecular flexibility index (Phi) is 5.32. The van der Waals surface area contributed by atoms with Crippen LogP contribution in [0.3, 0.4) is 0 Å². The molecule has 0 fully saturated rings. The average molecular weight is 343 g/mol. The molecule has 0 bridgehead atoms. The Balaban J connectivity index is 2.46. The van der Waals surface area contributed by atoms with Gasteiger partial charge in [-0.15, -0.1) is 0 Å². The van der Waals surface area contributed by atoms with Crippen molar-refractivity contribution < 1.29 is 14.3 Å². The minimum atomic E-state index is -0.704. The summed E-state index contributed by atoms with van der Waals surface area (Å²) in [4.78, 5) is 24.1. The highest BCUT2D eigenvalue weighted by atomic mass is 35.5. The van der Waals surface area contributed by atoms with Crippen LogP contribution in [0.2, 0.25) is 10.0 Å². The average Bonchev–Trinajstić information content (AvgIpc) is 2.46. The lowest BCUT2D eigenvalue weighted by Crippen LogP contribution is -2.45. The molecular weight excluding hydrogens is 327 g/mol. The number of benzene rings is 1. The van der Waals surface area contributed by atoms with Gasteiger partial charge in [0.1, 0.15) is 0 Å². The van der Waals surface area contributed by atoms with Gasteiger partial charge in [-0.2, -0.15) is 0 Å². The van der Waals surface area contributed by atoms with Crippen LogP contribution in [0.4, 0.5) is 4.79 Å². The summed E-state index contributed by atoms with van der Waals surface area (Å²) in [5, 5.41) is 5.91. The largest absolute Gasteiger partial charge is 0.462 e. The summed E-state index contributed by atoms with van der Waals surface area (Å²) >= 11 is 12.2. The van der Waals surface area contributed by atoms with Crippen LogP contribution in [0.1, 0.15) is 31.9 Å². The second kappa shape index (κ2) is 7.03. The molecule has 2 N–H and O–H groups in total. The third-order valence-electron chi connectivity index (χ3n) is 3.22. The number of carbonyl (C=O) groups is 2. The topological polar surface area (TPSA) is 67.4 Å². The van der Waals surface area contributed by atoms with Crippen LogP contribution in [-0.2, 0) is 9.53 Å². The van der Waals surface area contributed by atoms with E-state index in [4.69, 9.17) is 27.9 Å². The van der Waals surface area contributed by atoms with Crippen LogP contribution in [0.15, 0.2) is 29.5 Å². The van der Waals surface area contributed by atoms with E-state index in [1.807, 2.05) is 6.92 Å². The van der Waals surface area contributed by atoms with Crippen molar-refractivity contribution in [2.45, 2.75) is 26.3 Å². The molecule has 7 heteroatoms. The van der Waals surface area contributed by atoms with Gasteiger partial charge >= 0.3 is 12.0 Å². The molecule has 0 saturated heterocycles. The molecule has 0 aliphatic carbocycles. The normalized spacial score (nSPS) is 17.8. The molecule has 1 aromatic carbocycles. The van der Waals surface area contributed by atoms with Gasteiger partial charge in [0.05, 0.1) is 28.3 Å². The Labute approximate surface area is 138 Å². The van der Waals surface area contributed by atoms with Gasteiger partial charge in [-0.3, -0.25) is 0 Å². The number of rotatable bonds is 4. The molecule has 1 aliphatic heterocycles. The molecule has 5 nitrogen and oxygen atoms in total. The number of ether oxygens (including phenoxy) is 1.